The number of halogens is 4. The van der Waals surface area contributed by atoms with Gasteiger partial charge in [0, 0.05) is 18.6 Å². The number of anilines is 1. The van der Waals surface area contributed by atoms with E-state index in [4.69, 9.17) is 11.6 Å². The van der Waals surface area contributed by atoms with Crippen LogP contribution in [0.4, 0.5) is 18.9 Å². The highest BCUT2D eigenvalue weighted by Gasteiger charge is 2.31. The molecule has 2 aromatic rings. The van der Waals surface area contributed by atoms with Gasteiger partial charge in [0.1, 0.15) is 0 Å². The van der Waals surface area contributed by atoms with Crippen molar-refractivity contribution in [2.75, 3.05) is 5.32 Å². The fourth-order valence-corrected chi connectivity index (χ4v) is 1.70. The van der Waals surface area contributed by atoms with Gasteiger partial charge in [-0.25, -0.2) is 4.98 Å². The molecule has 0 fully saturated rings. The minimum absolute atomic E-state index is 0.0499. The molecule has 0 saturated heterocycles. The van der Waals surface area contributed by atoms with Crippen LogP contribution in [0.1, 0.15) is 21.5 Å². The predicted octanol–water partition coefficient (Wildman–Crippen LogP) is 3.71. The normalized spacial score (nSPS) is 11.3. The Morgan fingerprint density at radius 2 is 1.95 bits per heavy atom. The second-order valence-electron chi connectivity index (χ2n) is 4.27. The van der Waals surface area contributed by atoms with Crippen molar-refractivity contribution in [2.24, 2.45) is 0 Å². The van der Waals surface area contributed by atoms with Crippen molar-refractivity contribution >= 4 is 23.2 Å². The second-order valence-corrected chi connectivity index (χ2v) is 4.62. The first-order chi connectivity index (χ1) is 9.77. The molecule has 0 aliphatic carbocycles. The lowest BCUT2D eigenvalue weighted by Crippen LogP contribution is -2.15. The fourth-order valence-electron chi connectivity index (χ4n) is 1.55. The summed E-state index contributed by atoms with van der Waals surface area (Å²) in [6.45, 7) is 1.74. The number of nitrogens with one attached hydrogen (secondary N) is 1. The van der Waals surface area contributed by atoms with Crippen molar-refractivity contribution in [3.63, 3.8) is 0 Å². The van der Waals surface area contributed by atoms with Gasteiger partial charge >= 0.3 is 6.18 Å². The van der Waals surface area contributed by atoms with Gasteiger partial charge in [-0.05, 0) is 24.6 Å². The minimum Gasteiger partial charge on any atom is -0.319 e. The zero-order valence-electron chi connectivity index (χ0n) is 10.7. The summed E-state index contributed by atoms with van der Waals surface area (Å²) in [5.41, 5.74) is -0.248. The monoisotopic (exact) mass is 315 g/mol. The van der Waals surface area contributed by atoms with Crippen molar-refractivity contribution < 1.29 is 18.0 Å². The summed E-state index contributed by atoms with van der Waals surface area (Å²) in [4.78, 5) is 19.2. The van der Waals surface area contributed by atoms with Gasteiger partial charge in [-0.1, -0.05) is 11.6 Å². The molecule has 0 aromatic carbocycles. The molecule has 110 valence electrons. The molecule has 0 aliphatic heterocycles. The van der Waals surface area contributed by atoms with Gasteiger partial charge in [-0.2, -0.15) is 13.2 Å². The first-order valence-electron chi connectivity index (χ1n) is 5.73. The average molecular weight is 316 g/mol. The van der Waals surface area contributed by atoms with Crippen molar-refractivity contribution in [1.29, 1.82) is 0 Å². The van der Waals surface area contributed by atoms with Gasteiger partial charge in [0.05, 0.1) is 16.8 Å². The summed E-state index contributed by atoms with van der Waals surface area (Å²) in [6.07, 6.45) is -1.37. The third-order valence-corrected chi connectivity index (χ3v) is 2.85. The maximum absolute atomic E-state index is 12.6. The van der Waals surface area contributed by atoms with Gasteiger partial charge in [0.25, 0.3) is 5.91 Å². The van der Waals surface area contributed by atoms with Crippen LogP contribution < -0.4 is 5.32 Å². The van der Waals surface area contributed by atoms with E-state index < -0.39 is 17.6 Å². The molecule has 4 nitrogen and oxygen atoms in total. The Morgan fingerprint density at radius 1 is 1.24 bits per heavy atom. The van der Waals surface area contributed by atoms with Crippen LogP contribution in [0.15, 0.2) is 30.7 Å². The Morgan fingerprint density at radius 3 is 2.62 bits per heavy atom. The number of hydrogen-bond acceptors (Lipinski definition) is 3. The van der Waals surface area contributed by atoms with Gasteiger partial charge in [-0.15, -0.1) is 0 Å². The van der Waals surface area contributed by atoms with Crippen LogP contribution in [0, 0.1) is 6.92 Å². The van der Waals surface area contributed by atoms with Crippen molar-refractivity contribution in [3.05, 3.63) is 52.6 Å². The van der Waals surface area contributed by atoms with Gasteiger partial charge in [-0.3, -0.25) is 9.78 Å². The standard InChI is InChI=1S/C13H9ClF3N3O/c1-7-2-10(11(14)19-4-7)20-12(21)8-3-9(6-18-5-8)13(15,16)17/h2-6H,1H3,(H,20,21). The third-order valence-electron chi connectivity index (χ3n) is 2.55. The number of rotatable bonds is 2. The summed E-state index contributed by atoms with van der Waals surface area (Å²) in [7, 11) is 0. The van der Waals surface area contributed by atoms with Crippen molar-refractivity contribution in [3.8, 4) is 0 Å². The van der Waals surface area contributed by atoms with Gasteiger partial charge < -0.3 is 5.32 Å². The largest absolute Gasteiger partial charge is 0.417 e. The Labute approximate surface area is 123 Å². The fraction of sp³-hybridized carbons (Fsp3) is 0.154. The maximum atomic E-state index is 12.6. The Bertz CT molecular complexity index is 689. The molecule has 0 saturated carbocycles. The smallest absolute Gasteiger partial charge is 0.319 e. The van der Waals surface area contributed by atoms with E-state index in [0.29, 0.717) is 6.20 Å². The summed E-state index contributed by atoms with van der Waals surface area (Å²) in [5.74, 6) is -0.747. The molecular weight excluding hydrogens is 307 g/mol. The number of carbonyl (C=O) groups excluding carboxylic acids is 1. The van der Waals surface area contributed by atoms with Crippen molar-refractivity contribution in [1.82, 2.24) is 9.97 Å². The first kappa shape index (κ1) is 15.2. The lowest BCUT2D eigenvalue weighted by Gasteiger charge is -2.09. The molecule has 2 rings (SSSR count). The Hall–Kier alpha value is -2.15. The number of aromatic nitrogens is 2. The number of hydrogen-bond donors (Lipinski definition) is 1. The molecule has 21 heavy (non-hydrogen) atoms. The molecule has 2 aromatic heterocycles. The highest BCUT2D eigenvalue weighted by molar-refractivity contribution is 6.32. The number of alkyl halides is 3. The van der Waals surface area contributed by atoms with E-state index in [9.17, 15) is 18.0 Å². The van der Waals surface area contributed by atoms with E-state index in [2.05, 4.69) is 15.3 Å². The quantitative estimate of drug-likeness (QED) is 0.860. The molecule has 1 N–H and O–H groups in total. The minimum atomic E-state index is -4.56. The zero-order valence-corrected chi connectivity index (χ0v) is 11.5. The van der Waals surface area contributed by atoms with E-state index in [1.807, 2.05) is 0 Å². The second kappa shape index (κ2) is 5.69. The lowest BCUT2D eigenvalue weighted by molar-refractivity contribution is -0.137. The number of nitrogens with zero attached hydrogens (tertiary/aromatic N) is 2. The van der Waals surface area contributed by atoms with Crippen LogP contribution in [0.5, 0.6) is 0 Å². The molecule has 0 unspecified atom stereocenters. The SMILES string of the molecule is Cc1cnc(Cl)c(NC(=O)c2cncc(C(F)(F)F)c2)c1. The topological polar surface area (TPSA) is 54.9 Å². The predicted molar refractivity (Wildman–Crippen MR) is 71.2 cm³/mol. The number of carbonyl (C=O) groups is 1. The molecular formula is C13H9ClF3N3O. The summed E-state index contributed by atoms with van der Waals surface area (Å²) in [6, 6.07) is 2.29. The zero-order chi connectivity index (χ0) is 15.6. The number of aryl methyl sites for hydroxylation is 1. The lowest BCUT2D eigenvalue weighted by atomic mass is 10.2. The highest BCUT2D eigenvalue weighted by atomic mass is 35.5. The Kier molecular flexibility index (Phi) is 4.13. The van der Waals surface area contributed by atoms with E-state index in [-0.39, 0.29) is 16.4 Å². The van der Waals surface area contributed by atoms with Crippen LogP contribution in [-0.4, -0.2) is 15.9 Å². The molecule has 0 aliphatic rings. The third kappa shape index (κ3) is 3.69. The molecule has 8 heteroatoms. The van der Waals surface area contributed by atoms with E-state index in [1.54, 1.807) is 13.0 Å². The molecule has 0 atom stereocenters. The summed E-state index contributed by atoms with van der Waals surface area (Å²) < 4.78 is 37.7. The summed E-state index contributed by atoms with van der Waals surface area (Å²) >= 11 is 5.81. The van der Waals surface area contributed by atoms with Crippen LogP contribution >= 0.6 is 11.6 Å². The molecule has 0 radical (unpaired) electrons. The van der Waals surface area contributed by atoms with Crippen LogP contribution in [-0.2, 0) is 6.18 Å². The van der Waals surface area contributed by atoms with E-state index in [0.717, 1.165) is 17.8 Å². The Balaban J connectivity index is 2.27. The first-order valence-corrected chi connectivity index (χ1v) is 6.11. The van der Waals surface area contributed by atoms with Crippen LogP contribution in [0.2, 0.25) is 5.15 Å². The van der Waals surface area contributed by atoms with E-state index in [1.165, 1.54) is 6.20 Å². The molecule has 1 amide bonds. The molecule has 0 spiro atoms. The highest BCUT2D eigenvalue weighted by Crippen LogP contribution is 2.29. The number of amides is 1. The van der Waals surface area contributed by atoms with Crippen LogP contribution in [0.3, 0.4) is 0 Å². The van der Waals surface area contributed by atoms with E-state index >= 15 is 0 Å². The maximum Gasteiger partial charge on any atom is 0.417 e. The molecule has 2 heterocycles. The van der Waals surface area contributed by atoms with Crippen molar-refractivity contribution in [2.45, 2.75) is 13.1 Å². The number of pyridine rings is 2. The molecule has 0 bridgehead atoms. The van der Waals surface area contributed by atoms with Gasteiger partial charge in [0.2, 0.25) is 0 Å². The average Bonchev–Trinajstić information content (AvgIpc) is 2.42. The van der Waals surface area contributed by atoms with Crippen LogP contribution in [0.25, 0.3) is 0 Å². The van der Waals surface area contributed by atoms with Gasteiger partial charge in [0.15, 0.2) is 5.15 Å². The summed E-state index contributed by atoms with van der Waals surface area (Å²) in [5, 5.41) is 2.46.